The van der Waals surface area contributed by atoms with Gasteiger partial charge in [-0.15, -0.1) is 0 Å². The third kappa shape index (κ3) is 31.8. The van der Waals surface area contributed by atoms with E-state index in [9.17, 15) is 14.4 Å². The first kappa shape index (κ1) is 29.3. The lowest BCUT2D eigenvalue weighted by Gasteiger charge is -2.05. The lowest BCUT2D eigenvalue weighted by molar-refractivity contribution is -0.139. The maximum atomic E-state index is 10.9. The first-order valence-electron chi connectivity index (χ1n) is 8.55. The molecule has 0 aromatic rings. The summed E-state index contributed by atoms with van der Waals surface area (Å²) in [5.74, 6) is -1.73. The van der Waals surface area contributed by atoms with E-state index >= 15 is 0 Å². The normalized spacial score (nSPS) is 8.70. The number of rotatable bonds is 12. The molecule has 0 radical (unpaired) electrons. The van der Waals surface area contributed by atoms with Crippen LogP contribution in [0.2, 0.25) is 0 Å². The minimum atomic E-state index is -0.981. The average molecular weight is 387 g/mol. The summed E-state index contributed by atoms with van der Waals surface area (Å²) in [7, 11) is 0. The first-order valence-corrected chi connectivity index (χ1v) is 8.55. The summed E-state index contributed by atoms with van der Waals surface area (Å²) in [5.41, 5.74) is 0.452. The zero-order valence-corrected chi connectivity index (χ0v) is 16.4. The van der Waals surface area contributed by atoms with Gasteiger partial charge in [0.1, 0.15) is 6.61 Å². The van der Waals surface area contributed by atoms with Crippen molar-refractivity contribution < 1.29 is 34.1 Å². The predicted octanol–water partition coefficient (Wildman–Crippen LogP) is 1.85. The van der Waals surface area contributed by atoms with E-state index in [0.717, 1.165) is 31.7 Å². The van der Waals surface area contributed by atoms with Gasteiger partial charge in [-0.2, -0.15) is 0 Å². The Morgan fingerprint density at radius 2 is 1.63 bits per heavy atom. The Bertz CT molecular complexity index is 447. The number of unbranched alkanes of at least 4 members (excludes halogenated alkanes) is 1. The molecule has 156 valence electrons. The van der Waals surface area contributed by atoms with Crippen molar-refractivity contribution in [1.82, 2.24) is 5.32 Å². The van der Waals surface area contributed by atoms with Gasteiger partial charge in [0.05, 0.1) is 6.61 Å². The van der Waals surface area contributed by atoms with E-state index in [1.54, 1.807) is 6.92 Å². The van der Waals surface area contributed by atoms with Crippen LogP contribution in [0.5, 0.6) is 0 Å². The number of nitrogens with one attached hydrogen (secondary N) is 1. The fourth-order valence-electron chi connectivity index (χ4n) is 1.06. The van der Waals surface area contributed by atoms with Crippen LogP contribution in [0.1, 0.15) is 33.1 Å². The molecular formula is C19H33NO7. The number of esters is 2. The second-order valence-electron chi connectivity index (χ2n) is 5.01. The monoisotopic (exact) mass is 387 g/mol. The number of aliphatic carboxylic acids is 1. The number of aliphatic hydroxyl groups is 1. The molecule has 3 N–H and O–H groups in total. The van der Waals surface area contributed by atoms with Crippen LogP contribution in [0.4, 0.5) is 0 Å². The Morgan fingerprint density at radius 3 is 2.04 bits per heavy atom. The molecule has 0 bridgehead atoms. The largest absolute Gasteiger partial charge is 0.478 e. The van der Waals surface area contributed by atoms with Crippen molar-refractivity contribution >= 4 is 17.9 Å². The van der Waals surface area contributed by atoms with Crippen LogP contribution < -0.4 is 5.32 Å². The topological polar surface area (TPSA) is 122 Å². The summed E-state index contributed by atoms with van der Waals surface area (Å²) in [6.45, 7) is 15.9. The lowest BCUT2D eigenvalue weighted by Crippen LogP contribution is -2.22. The third-order valence-corrected chi connectivity index (χ3v) is 2.46. The number of aliphatic hydroxyl groups excluding tert-OH is 1. The summed E-state index contributed by atoms with van der Waals surface area (Å²) in [4.78, 5) is 30.4. The van der Waals surface area contributed by atoms with E-state index in [1.807, 2.05) is 0 Å². The molecular weight excluding hydrogens is 354 g/mol. The maximum absolute atomic E-state index is 10.9. The number of hydrogen-bond acceptors (Lipinski definition) is 7. The summed E-state index contributed by atoms with van der Waals surface area (Å²) < 4.78 is 9.40. The van der Waals surface area contributed by atoms with Gasteiger partial charge >= 0.3 is 17.9 Å². The quantitative estimate of drug-likeness (QED) is 0.263. The van der Waals surface area contributed by atoms with Gasteiger partial charge in [-0.3, -0.25) is 0 Å². The van der Waals surface area contributed by atoms with E-state index in [0.29, 0.717) is 18.6 Å². The molecule has 0 aromatic carbocycles. The molecule has 0 atom stereocenters. The van der Waals surface area contributed by atoms with Gasteiger partial charge in [-0.1, -0.05) is 33.1 Å². The number of hydrogen-bond donors (Lipinski definition) is 3. The molecule has 0 amide bonds. The molecule has 0 saturated heterocycles. The van der Waals surface area contributed by atoms with Crippen LogP contribution in [0.25, 0.3) is 0 Å². The second-order valence-corrected chi connectivity index (χ2v) is 5.01. The van der Waals surface area contributed by atoms with Crippen molar-refractivity contribution in [3.05, 3.63) is 37.5 Å². The second kappa shape index (κ2) is 23.5. The predicted molar refractivity (Wildman–Crippen MR) is 104 cm³/mol. The van der Waals surface area contributed by atoms with Crippen molar-refractivity contribution in [3.8, 4) is 0 Å². The van der Waals surface area contributed by atoms with E-state index in [1.165, 1.54) is 6.42 Å². The summed E-state index contributed by atoms with van der Waals surface area (Å²) in [5, 5.41) is 19.0. The van der Waals surface area contributed by atoms with Gasteiger partial charge in [0.25, 0.3) is 0 Å². The van der Waals surface area contributed by atoms with Crippen molar-refractivity contribution in [2.75, 3.05) is 32.9 Å². The van der Waals surface area contributed by atoms with Crippen molar-refractivity contribution in [2.24, 2.45) is 0 Å². The number of carbonyl (C=O) groups is 3. The Hall–Kier alpha value is -2.45. The van der Waals surface area contributed by atoms with E-state index < -0.39 is 11.9 Å². The van der Waals surface area contributed by atoms with Crippen molar-refractivity contribution in [3.63, 3.8) is 0 Å². The minimum absolute atomic E-state index is 0.0461. The molecule has 8 nitrogen and oxygen atoms in total. The molecule has 0 aliphatic rings. The number of ether oxygens (including phenoxy) is 2. The zero-order chi connectivity index (χ0) is 21.5. The standard InChI is InChI=1S/C10H19NO2.C6H10O3.C3H4O2/c1-4-5-6-11-7-8-13-10(12)9(2)3;1-2-6(8)9-5-3-4-7;1-2-3(4)5/h11H,2,4-8H2,1,3H3;2,7H,1,3-5H2;2H,1H2,(H,4,5). The maximum Gasteiger partial charge on any atom is 0.333 e. The van der Waals surface area contributed by atoms with Crippen LogP contribution in [-0.4, -0.2) is 61.0 Å². The van der Waals surface area contributed by atoms with Gasteiger partial charge in [0.2, 0.25) is 0 Å². The van der Waals surface area contributed by atoms with Gasteiger partial charge in [-0.25, -0.2) is 14.4 Å². The van der Waals surface area contributed by atoms with E-state index in [2.05, 4.69) is 36.7 Å². The third-order valence-electron chi connectivity index (χ3n) is 2.46. The number of carboxylic acids is 1. The van der Waals surface area contributed by atoms with Gasteiger partial charge in [0.15, 0.2) is 0 Å². The van der Waals surface area contributed by atoms with Crippen LogP contribution in [0.3, 0.4) is 0 Å². The number of carbonyl (C=O) groups excluding carboxylic acids is 2. The molecule has 0 fully saturated rings. The lowest BCUT2D eigenvalue weighted by atomic mass is 10.3. The van der Waals surface area contributed by atoms with Gasteiger partial charge in [-0.05, 0) is 19.9 Å². The highest BCUT2D eigenvalue weighted by atomic mass is 16.5. The zero-order valence-electron chi connectivity index (χ0n) is 16.4. The van der Waals surface area contributed by atoms with Gasteiger partial charge < -0.3 is 25.0 Å². The Labute approximate surface area is 161 Å². The van der Waals surface area contributed by atoms with E-state index in [4.69, 9.17) is 14.9 Å². The molecule has 0 spiro atoms. The highest BCUT2D eigenvalue weighted by Crippen LogP contribution is 1.90. The van der Waals surface area contributed by atoms with Gasteiger partial charge in [0, 0.05) is 37.3 Å². The fourth-order valence-corrected chi connectivity index (χ4v) is 1.06. The summed E-state index contributed by atoms with van der Waals surface area (Å²) in [6.07, 6.45) is 4.75. The molecule has 0 heterocycles. The fraction of sp³-hybridized carbons (Fsp3) is 0.526. The molecule has 8 heteroatoms. The SMILES string of the molecule is C=C(C)C(=O)OCCNCCCC.C=CC(=O)O.C=CC(=O)OCCCO. The Kier molecular flexibility index (Phi) is 25.6. The smallest absolute Gasteiger partial charge is 0.333 e. The highest BCUT2D eigenvalue weighted by Gasteiger charge is 2.00. The van der Waals surface area contributed by atoms with Crippen LogP contribution in [-0.2, 0) is 23.9 Å². The average Bonchev–Trinajstić information content (AvgIpc) is 2.65. The highest BCUT2D eigenvalue weighted by molar-refractivity contribution is 5.86. The number of carboxylic acid groups (broad SMARTS) is 1. The van der Waals surface area contributed by atoms with Crippen molar-refractivity contribution in [1.29, 1.82) is 0 Å². The summed E-state index contributed by atoms with van der Waals surface area (Å²) in [6, 6.07) is 0. The molecule has 0 rings (SSSR count). The van der Waals surface area contributed by atoms with Crippen molar-refractivity contribution in [2.45, 2.75) is 33.1 Å². The summed E-state index contributed by atoms with van der Waals surface area (Å²) >= 11 is 0. The Balaban J connectivity index is -0.000000356. The Morgan fingerprint density at radius 1 is 1.04 bits per heavy atom. The molecule has 0 aromatic heterocycles. The van der Waals surface area contributed by atoms with Crippen LogP contribution in [0, 0.1) is 0 Å². The molecule has 27 heavy (non-hydrogen) atoms. The molecule has 0 aliphatic carbocycles. The first-order chi connectivity index (χ1) is 12.8. The van der Waals surface area contributed by atoms with E-state index in [-0.39, 0.29) is 19.2 Å². The molecule has 0 aliphatic heterocycles. The minimum Gasteiger partial charge on any atom is -0.478 e. The molecule has 0 unspecified atom stereocenters. The van der Waals surface area contributed by atoms with Crippen LogP contribution in [0.15, 0.2) is 37.5 Å². The molecule has 0 saturated carbocycles. The van der Waals surface area contributed by atoms with Crippen LogP contribution >= 0.6 is 0 Å².